The van der Waals surface area contributed by atoms with E-state index >= 15 is 0 Å². The fourth-order valence-electron chi connectivity index (χ4n) is 0.927. The van der Waals surface area contributed by atoms with Gasteiger partial charge in [0.1, 0.15) is 0 Å². The minimum absolute atomic E-state index is 0.249. The molecule has 0 aromatic rings. The van der Waals surface area contributed by atoms with Crippen molar-refractivity contribution in [2.24, 2.45) is 0 Å². The Kier molecular flexibility index (Phi) is 6.32. The van der Waals surface area contributed by atoms with Crippen LogP contribution in [0.25, 0.3) is 0 Å². The molecule has 0 radical (unpaired) electrons. The zero-order valence-electron chi connectivity index (χ0n) is 7.47. The number of nitrogens with zero attached hydrogens (tertiary/aromatic N) is 1. The van der Waals surface area contributed by atoms with Gasteiger partial charge in [0.2, 0.25) is 0 Å². The fraction of sp³-hybridized carbons (Fsp3) is 0.750. The van der Waals surface area contributed by atoms with Crippen LogP contribution < -0.4 is 0 Å². The third-order valence-electron chi connectivity index (χ3n) is 1.49. The molecule has 12 heavy (non-hydrogen) atoms. The molecule has 0 saturated heterocycles. The Balaban J connectivity index is 4.43. The maximum atomic E-state index is 10.5. The van der Waals surface area contributed by atoms with Crippen molar-refractivity contribution >= 4 is 22.6 Å². The molecule has 70 valence electrons. The molecule has 0 fully saturated rings. The molecule has 0 aliphatic carbocycles. The van der Waals surface area contributed by atoms with Crippen LogP contribution in [-0.2, 0) is 0 Å². The lowest BCUT2D eigenvalue weighted by Gasteiger charge is -1.99. The van der Waals surface area contributed by atoms with Gasteiger partial charge in [-0.25, -0.2) is 0 Å². The number of hydrogen-bond acceptors (Lipinski definition) is 2. The monoisotopic (exact) mass is 283 g/mol. The summed E-state index contributed by atoms with van der Waals surface area (Å²) in [7, 11) is 0. The second kappa shape index (κ2) is 6.39. The molecular formula is C8H14INO2. The van der Waals surface area contributed by atoms with Gasteiger partial charge in [-0.3, -0.25) is 10.1 Å². The number of halogens is 1. The van der Waals surface area contributed by atoms with E-state index in [-0.39, 0.29) is 4.92 Å². The van der Waals surface area contributed by atoms with Gasteiger partial charge in [0, 0.05) is 6.42 Å². The van der Waals surface area contributed by atoms with Crippen LogP contribution in [0.3, 0.4) is 0 Å². The average Bonchev–Trinajstić information content (AvgIpc) is 1.99. The molecule has 0 aliphatic heterocycles. The quantitative estimate of drug-likeness (QED) is 0.440. The van der Waals surface area contributed by atoms with Gasteiger partial charge in [0.15, 0.2) is 0 Å². The molecule has 0 aromatic carbocycles. The lowest BCUT2D eigenvalue weighted by Crippen LogP contribution is -2.00. The molecule has 0 unspecified atom stereocenters. The second-order valence-electron chi connectivity index (χ2n) is 2.61. The largest absolute Gasteiger partial charge is 0.259 e. The number of rotatable bonds is 5. The molecule has 0 bridgehead atoms. The first-order chi connectivity index (χ1) is 5.63. The van der Waals surface area contributed by atoms with E-state index in [2.05, 4.69) is 22.6 Å². The molecule has 0 saturated carbocycles. The van der Waals surface area contributed by atoms with Crippen LogP contribution in [0, 0.1) is 10.1 Å². The zero-order chi connectivity index (χ0) is 9.56. The maximum absolute atomic E-state index is 10.5. The van der Waals surface area contributed by atoms with Crippen LogP contribution in [0.2, 0.25) is 0 Å². The normalized spacial score (nSPS) is 12.6. The predicted octanol–water partition coefficient (Wildman–Crippen LogP) is 3.51. The zero-order valence-corrected chi connectivity index (χ0v) is 9.63. The van der Waals surface area contributed by atoms with E-state index in [1.165, 1.54) is 0 Å². The molecule has 0 N–H and O–H groups in total. The Hall–Kier alpha value is -0.130. The van der Waals surface area contributed by atoms with Crippen molar-refractivity contribution in [2.45, 2.75) is 39.5 Å². The molecule has 3 nitrogen and oxygen atoms in total. The van der Waals surface area contributed by atoms with Gasteiger partial charge >= 0.3 is 0 Å². The van der Waals surface area contributed by atoms with Crippen LogP contribution in [0.5, 0.6) is 0 Å². The van der Waals surface area contributed by atoms with Gasteiger partial charge in [-0.05, 0) is 35.4 Å². The molecule has 0 atom stereocenters. The molecule has 0 heterocycles. The average molecular weight is 283 g/mol. The first kappa shape index (κ1) is 11.9. The van der Waals surface area contributed by atoms with E-state index in [1.54, 1.807) is 0 Å². The third kappa shape index (κ3) is 4.04. The van der Waals surface area contributed by atoms with Crippen LogP contribution >= 0.6 is 22.6 Å². The standard InChI is InChI=1S/C8H14INO2/c1-3-5-7(9)8(6-4-2)10(11)12/h3-6H2,1-2H3/b8-7-. The molecule has 0 spiro atoms. The van der Waals surface area contributed by atoms with Gasteiger partial charge in [-0.2, -0.15) is 0 Å². The highest BCUT2D eigenvalue weighted by molar-refractivity contribution is 14.1. The Bertz CT molecular complexity index is 189. The summed E-state index contributed by atoms with van der Waals surface area (Å²) < 4.78 is 0.905. The van der Waals surface area contributed by atoms with Gasteiger partial charge in [-0.1, -0.05) is 20.3 Å². The van der Waals surface area contributed by atoms with Gasteiger partial charge in [-0.15, -0.1) is 0 Å². The number of allylic oxidation sites excluding steroid dienone is 2. The van der Waals surface area contributed by atoms with Crippen molar-refractivity contribution < 1.29 is 4.92 Å². The lowest BCUT2D eigenvalue weighted by molar-refractivity contribution is -0.428. The van der Waals surface area contributed by atoms with E-state index in [4.69, 9.17) is 0 Å². The van der Waals surface area contributed by atoms with Gasteiger partial charge < -0.3 is 0 Å². The molecule has 0 rings (SSSR count). The minimum Gasteiger partial charge on any atom is -0.259 e. The molecule has 0 amide bonds. The van der Waals surface area contributed by atoms with Crippen molar-refractivity contribution in [3.63, 3.8) is 0 Å². The van der Waals surface area contributed by atoms with Crippen molar-refractivity contribution in [3.8, 4) is 0 Å². The molecule has 0 aromatic heterocycles. The Morgan fingerprint density at radius 3 is 2.17 bits per heavy atom. The highest BCUT2D eigenvalue weighted by Gasteiger charge is 2.13. The van der Waals surface area contributed by atoms with Crippen molar-refractivity contribution in [3.05, 3.63) is 19.4 Å². The summed E-state index contributed by atoms with van der Waals surface area (Å²) in [6.07, 6.45) is 3.23. The Morgan fingerprint density at radius 1 is 1.33 bits per heavy atom. The van der Waals surface area contributed by atoms with Crippen LogP contribution in [0.1, 0.15) is 39.5 Å². The van der Waals surface area contributed by atoms with Crippen LogP contribution in [-0.4, -0.2) is 4.92 Å². The Morgan fingerprint density at radius 2 is 1.83 bits per heavy atom. The third-order valence-corrected chi connectivity index (χ3v) is 2.65. The maximum Gasteiger partial charge on any atom is 0.255 e. The number of nitro groups is 1. The highest BCUT2D eigenvalue weighted by Crippen LogP contribution is 2.22. The van der Waals surface area contributed by atoms with E-state index in [0.717, 1.165) is 22.8 Å². The summed E-state index contributed by atoms with van der Waals surface area (Å²) >= 11 is 2.08. The lowest BCUT2D eigenvalue weighted by atomic mass is 10.2. The van der Waals surface area contributed by atoms with Crippen LogP contribution in [0.15, 0.2) is 9.28 Å². The summed E-state index contributed by atoms with van der Waals surface area (Å²) in [5.41, 5.74) is 0.403. The Labute approximate surface area is 86.5 Å². The molecular weight excluding hydrogens is 269 g/mol. The fourth-order valence-corrected chi connectivity index (χ4v) is 1.93. The first-order valence-electron chi connectivity index (χ1n) is 4.15. The summed E-state index contributed by atoms with van der Waals surface area (Å²) in [5, 5.41) is 10.5. The van der Waals surface area contributed by atoms with Gasteiger partial charge in [0.05, 0.1) is 8.50 Å². The first-order valence-corrected chi connectivity index (χ1v) is 5.23. The highest BCUT2D eigenvalue weighted by atomic mass is 127. The number of hydrogen-bond donors (Lipinski definition) is 0. The van der Waals surface area contributed by atoms with E-state index < -0.39 is 0 Å². The summed E-state index contributed by atoms with van der Waals surface area (Å²) in [5.74, 6) is 0. The topological polar surface area (TPSA) is 43.1 Å². The SMILES string of the molecule is CCC/C(I)=C(\CCC)[N+](=O)[O-]. The van der Waals surface area contributed by atoms with Crippen LogP contribution in [0.4, 0.5) is 0 Å². The second-order valence-corrected chi connectivity index (χ2v) is 3.91. The van der Waals surface area contributed by atoms with Gasteiger partial charge in [0.25, 0.3) is 5.70 Å². The van der Waals surface area contributed by atoms with Crippen molar-refractivity contribution in [1.29, 1.82) is 0 Å². The predicted molar refractivity (Wildman–Crippen MR) is 57.9 cm³/mol. The molecule has 4 heteroatoms. The van der Waals surface area contributed by atoms with E-state index in [9.17, 15) is 10.1 Å². The van der Waals surface area contributed by atoms with E-state index in [1.807, 2.05) is 13.8 Å². The summed E-state index contributed by atoms with van der Waals surface area (Å²) in [6.45, 7) is 3.99. The van der Waals surface area contributed by atoms with E-state index in [0.29, 0.717) is 12.1 Å². The summed E-state index contributed by atoms with van der Waals surface area (Å²) in [4.78, 5) is 10.3. The smallest absolute Gasteiger partial charge is 0.255 e. The van der Waals surface area contributed by atoms with Crippen molar-refractivity contribution in [1.82, 2.24) is 0 Å². The van der Waals surface area contributed by atoms with Crippen molar-refractivity contribution in [2.75, 3.05) is 0 Å². The molecule has 0 aliphatic rings. The summed E-state index contributed by atoms with van der Waals surface area (Å²) in [6, 6.07) is 0. The minimum atomic E-state index is -0.249.